The van der Waals surface area contributed by atoms with Gasteiger partial charge in [0.15, 0.2) is 0 Å². The second kappa shape index (κ2) is 4.73. The highest BCUT2D eigenvalue weighted by molar-refractivity contribution is 5.92. The largest absolute Gasteiger partial charge is 0.337 e. The number of pyridine rings is 1. The Morgan fingerprint density at radius 1 is 1.50 bits per heavy atom. The molecule has 0 radical (unpaired) electrons. The first-order valence-corrected chi connectivity index (χ1v) is 5.86. The van der Waals surface area contributed by atoms with Crippen molar-refractivity contribution >= 4 is 5.91 Å². The van der Waals surface area contributed by atoms with Crippen LogP contribution in [0, 0.1) is 22.6 Å². The maximum Gasteiger partial charge on any atom is 0.272 e. The van der Waals surface area contributed by atoms with Gasteiger partial charge in [-0.1, -0.05) is 0 Å². The summed E-state index contributed by atoms with van der Waals surface area (Å²) in [7, 11) is 0. The topological polar surface area (TPSA) is 57.0 Å². The fraction of sp³-hybridized carbons (Fsp3) is 0.462. The summed E-state index contributed by atoms with van der Waals surface area (Å²) in [6.07, 6.45) is 2.36. The molecule has 1 fully saturated rings. The quantitative estimate of drug-likeness (QED) is 0.762. The number of amides is 1. The number of aromatic nitrogens is 1. The first kappa shape index (κ1) is 12.5. The summed E-state index contributed by atoms with van der Waals surface area (Å²) >= 11 is 0. The van der Waals surface area contributed by atoms with Crippen LogP contribution in [0.1, 0.15) is 30.3 Å². The van der Waals surface area contributed by atoms with Crippen molar-refractivity contribution in [2.45, 2.75) is 19.8 Å². The lowest BCUT2D eigenvalue weighted by Crippen LogP contribution is -2.41. The third-order valence-corrected chi connectivity index (χ3v) is 3.37. The number of likely N-dealkylation sites (tertiary alicyclic amines) is 1. The molecule has 0 aromatic carbocycles. The Hall–Kier alpha value is -1.96. The smallest absolute Gasteiger partial charge is 0.272 e. The summed E-state index contributed by atoms with van der Waals surface area (Å²) in [5, 5.41) is 9.02. The summed E-state index contributed by atoms with van der Waals surface area (Å²) in [5.74, 6) is -0.655. The Morgan fingerprint density at radius 2 is 2.17 bits per heavy atom. The number of piperidine rings is 1. The summed E-state index contributed by atoms with van der Waals surface area (Å²) < 4.78 is 12.7. The van der Waals surface area contributed by atoms with Gasteiger partial charge in [-0.15, -0.1) is 0 Å². The summed E-state index contributed by atoms with van der Waals surface area (Å²) in [4.78, 5) is 17.5. The van der Waals surface area contributed by atoms with Crippen LogP contribution in [0.25, 0.3) is 0 Å². The van der Waals surface area contributed by atoms with E-state index in [1.165, 1.54) is 12.1 Å². The number of carbonyl (C=O) groups is 1. The second-order valence-electron chi connectivity index (χ2n) is 4.83. The van der Waals surface area contributed by atoms with E-state index in [4.69, 9.17) is 5.26 Å². The molecule has 0 spiro atoms. The maximum atomic E-state index is 12.7. The first-order chi connectivity index (χ1) is 8.54. The van der Waals surface area contributed by atoms with Gasteiger partial charge in [-0.05, 0) is 31.9 Å². The van der Waals surface area contributed by atoms with Crippen LogP contribution in [-0.2, 0) is 0 Å². The van der Waals surface area contributed by atoms with Gasteiger partial charge in [0.05, 0.1) is 17.7 Å². The van der Waals surface area contributed by atoms with E-state index in [-0.39, 0.29) is 17.0 Å². The summed E-state index contributed by atoms with van der Waals surface area (Å²) in [5.41, 5.74) is -0.0931. The molecule has 1 aromatic heterocycles. The van der Waals surface area contributed by atoms with E-state index < -0.39 is 5.82 Å². The Kier molecular flexibility index (Phi) is 3.28. The lowest BCUT2D eigenvalue weighted by atomic mass is 9.82. The molecule has 1 saturated heterocycles. The molecule has 0 saturated carbocycles. The van der Waals surface area contributed by atoms with Gasteiger partial charge in [0.25, 0.3) is 5.91 Å². The van der Waals surface area contributed by atoms with Crippen LogP contribution in [0.3, 0.4) is 0 Å². The van der Waals surface area contributed by atoms with Gasteiger partial charge < -0.3 is 4.90 Å². The van der Waals surface area contributed by atoms with Crippen molar-refractivity contribution < 1.29 is 9.18 Å². The van der Waals surface area contributed by atoms with Gasteiger partial charge in [0.2, 0.25) is 0 Å². The van der Waals surface area contributed by atoms with E-state index in [1.807, 2.05) is 6.92 Å². The number of nitriles is 1. The van der Waals surface area contributed by atoms with E-state index in [1.54, 1.807) is 4.90 Å². The van der Waals surface area contributed by atoms with Gasteiger partial charge in [-0.3, -0.25) is 4.79 Å². The average molecular weight is 247 g/mol. The van der Waals surface area contributed by atoms with E-state index in [0.717, 1.165) is 6.20 Å². The zero-order valence-corrected chi connectivity index (χ0v) is 10.2. The predicted octanol–water partition coefficient (Wildman–Crippen LogP) is 1.99. The number of halogens is 1. The Bertz CT molecular complexity index is 484. The van der Waals surface area contributed by atoms with Crippen LogP contribution in [0.5, 0.6) is 0 Å². The number of hydrogen-bond acceptors (Lipinski definition) is 3. The Morgan fingerprint density at radius 3 is 2.67 bits per heavy atom. The van der Waals surface area contributed by atoms with Crippen molar-refractivity contribution in [3.8, 4) is 6.07 Å². The van der Waals surface area contributed by atoms with Gasteiger partial charge in [0, 0.05) is 13.1 Å². The Labute approximate surface area is 105 Å². The minimum absolute atomic E-state index is 0.199. The van der Waals surface area contributed by atoms with Crippen LogP contribution in [0.2, 0.25) is 0 Å². The van der Waals surface area contributed by atoms with Crippen LogP contribution >= 0.6 is 0 Å². The minimum atomic E-state index is -0.456. The molecule has 2 heterocycles. The van der Waals surface area contributed by atoms with Crippen molar-refractivity contribution in [3.63, 3.8) is 0 Å². The summed E-state index contributed by atoms with van der Waals surface area (Å²) in [6.45, 7) is 2.99. The average Bonchev–Trinajstić information content (AvgIpc) is 2.40. The van der Waals surface area contributed by atoms with Crippen molar-refractivity contribution in [3.05, 3.63) is 29.8 Å². The highest BCUT2D eigenvalue weighted by Crippen LogP contribution is 2.30. The van der Waals surface area contributed by atoms with Crippen LogP contribution in [-0.4, -0.2) is 28.9 Å². The monoisotopic (exact) mass is 247 g/mol. The zero-order chi connectivity index (χ0) is 13.2. The molecule has 18 heavy (non-hydrogen) atoms. The molecule has 0 atom stereocenters. The molecule has 4 nitrogen and oxygen atoms in total. The molecule has 0 bridgehead atoms. The minimum Gasteiger partial charge on any atom is -0.337 e. The molecule has 2 rings (SSSR count). The highest BCUT2D eigenvalue weighted by atomic mass is 19.1. The van der Waals surface area contributed by atoms with Gasteiger partial charge in [0.1, 0.15) is 11.5 Å². The van der Waals surface area contributed by atoms with Gasteiger partial charge in [-0.2, -0.15) is 5.26 Å². The van der Waals surface area contributed by atoms with Crippen molar-refractivity contribution in [1.82, 2.24) is 9.88 Å². The summed E-state index contributed by atoms with van der Waals surface area (Å²) in [6, 6.07) is 4.89. The molecular formula is C13H14FN3O. The molecule has 94 valence electrons. The normalized spacial score (nSPS) is 18.2. The van der Waals surface area contributed by atoms with Crippen LogP contribution in [0.15, 0.2) is 18.3 Å². The van der Waals surface area contributed by atoms with Crippen LogP contribution in [0.4, 0.5) is 4.39 Å². The van der Waals surface area contributed by atoms with E-state index >= 15 is 0 Å². The van der Waals surface area contributed by atoms with E-state index in [9.17, 15) is 9.18 Å². The molecule has 1 aliphatic rings. The molecule has 1 amide bonds. The van der Waals surface area contributed by atoms with Crippen molar-refractivity contribution in [2.24, 2.45) is 5.41 Å². The molecule has 5 heteroatoms. The lowest BCUT2D eigenvalue weighted by Gasteiger charge is -2.34. The molecule has 1 aromatic rings. The molecule has 0 aliphatic carbocycles. The van der Waals surface area contributed by atoms with Gasteiger partial charge >= 0.3 is 0 Å². The number of nitrogens with zero attached hydrogens (tertiary/aromatic N) is 3. The fourth-order valence-corrected chi connectivity index (χ4v) is 1.98. The third kappa shape index (κ3) is 2.48. The van der Waals surface area contributed by atoms with E-state index in [0.29, 0.717) is 25.9 Å². The number of hydrogen-bond donors (Lipinski definition) is 0. The molecule has 0 N–H and O–H groups in total. The van der Waals surface area contributed by atoms with Gasteiger partial charge in [-0.25, -0.2) is 9.37 Å². The molecular weight excluding hydrogens is 233 g/mol. The zero-order valence-electron chi connectivity index (χ0n) is 10.2. The molecule has 1 aliphatic heterocycles. The van der Waals surface area contributed by atoms with Crippen LogP contribution < -0.4 is 0 Å². The number of rotatable bonds is 1. The van der Waals surface area contributed by atoms with Crippen molar-refractivity contribution in [2.75, 3.05) is 13.1 Å². The molecule has 0 unspecified atom stereocenters. The lowest BCUT2D eigenvalue weighted by molar-refractivity contribution is 0.0655. The fourth-order valence-electron chi connectivity index (χ4n) is 1.98. The SMILES string of the molecule is CC1(C#N)CCN(C(=O)c2ccc(F)cn2)CC1. The maximum absolute atomic E-state index is 12.7. The highest BCUT2D eigenvalue weighted by Gasteiger charge is 2.32. The third-order valence-electron chi connectivity index (χ3n) is 3.37. The van der Waals surface area contributed by atoms with Crippen molar-refractivity contribution in [1.29, 1.82) is 5.26 Å². The Balaban J connectivity index is 2.04. The predicted molar refractivity (Wildman–Crippen MR) is 63.1 cm³/mol. The van der Waals surface area contributed by atoms with E-state index in [2.05, 4.69) is 11.1 Å². The second-order valence-corrected chi connectivity index (χ2v) is 4.83. The standard InChI is InChI=1S/C13H14FN3O/c1-13(9-15)4-6-17(7-5-13)12(18)11-3-2-10(14)8-16-11/h2-3,8H,4-7H2,1H3. The first-order valence-electron chi connectivity index (χ1n) is 5.86. The number of carbonyl (C=O) groups excluding carboxylic acids is 1.